The van der Waals surface area contributed by atoms with Gasteiger partial charge >= 0.3 is 0 Å². The molecule has 114 valence electrons. The van der Waals surface area contributed by atoms with Crippen molar-refractivity contribution in [3.63, 3.8) is 0 Å². The van der Waals surface area contributed by atoms with E-state index in [-0.39, 0.29) is 5.82 Å². The number of aliphatic imine (C=N–C) groups is 1. The average molecular weight is 298 g/mol. The first-order chi connectivity index (χ1) is 10.8. The summed E-state index contributed by atoms with van der Waals surface area (Å²) in [4.78, 5) is 4.49. The van der Waals surface area contributed by atoms with Gasteiger partial charge in [-0.15, -0.1) is 0 Å². The largest absolute Gasteiger partial charge is 0.496 e. The van der Waals surface area contributed by atoms with Crippen molar-refractivity contribution >= 4 is 5.84 Å². The normalized spacial score (nSPS) is 13.6. The van der Waals surface area contributed by atoms with Gasteiger partial charge in [0.15, 0.2) is 0 Å². The van der Waals surface area contributed by atoms with Crippen LogP contribution in [0, 0.1) is 5.82 Å². The van der Waals surface area contributed by atoms with Gasteiger partial charge in [0.1, 0.15) is 17.4 Å². The lowest BCUT2D eigenvalue weighted by Crippen LogP contribution is -2.21. The topological polar surface area (TPSA) is 33.6 Å². The molecule has 1 N–H and O–H groups in total. The molecule has 0 saturated carbocycles. The first-order valence-corrected chi connectivity index (χ1v) is 7.47. The van der Waals surface area contributed by atoms with Crippen LogP contribution in [-0.4, -0.2) is 26.0 Å². The number of hydrogen-bond acceptors (Lipinski definition) is 3. The second-order valence-electron chi connectivity index (χ2n) is 5.27. The standard InChI is InChI=1S/C18H19FN2O/c1-22-17-9-8-15(19)12-14(17)7-6-13-4-2-3-5-16(13)18-20-10-11-21-18/h2-5,8-9,12H,6-7,10-11H2,1H3,(H,20,21). The zero-order chi connectivity index (χ0) is 15.4. The van der Waals surface area contributed by atoms with Crippen molar-refractivity contribution in [3.8, 4) is 5.75 Å². The number of hydrogen-bond donors (Lipinski definition) is 1. The molecular formula is C18H19FN2O. The minimum absolute atomic E-state index is 0.231. The van der Waals surface area contributed by atoms with Gasteiger partial charge in [-0.3, -0.25) is 4.99 Å². The molecule has 2 aromatic carbocycles. The molecule has 2 aromatic rings. The summed E-state index contributed by atoms with van der Waals surface area (Å²) in [6, 6.07) is 12.9. The highest BCUT2D eigenvalue weighted by atomic mass is 19.1. The molecule has 0 bridgehead atoms. The molecule has 0 unspecified atom stereocenters. The molecule has 3 nitrogen and oxygen atoms in total. The minimum Gasteiger partial charge on any atom is -0.496 e. The summed E-state index contributed by atoms with van der Waals surface area (Å²) in [6.07, 6.45) is 1.54. The van der Waals surface area contributed by atoms with Crippen LogP contribution in [0.2, 0.25) is 0 Å². The van der Waals surface area contributed by atoms with Crippen LogP contribution in [-0.2, 0) is 12.8 Å². The van der Waals surface area contributed by atoms with Gasteiger partial charge < -0.3 is 10.1 Å². The third-order valence-electron chi connectivity index (χ3n) is 3.85. The highest BCUT2D eigenvalue weighted by Crippen LogP contribution is 2.22. The van der Waals surface area contributed by atoms with Crippen LogP contribution < -0.4 is 10.1 Å². The van der Waals surface area contributed by atoms with Crippen molar-refractivity contribution in [1.29, 1.82) is 0 Å². The zero-order valence-corrected chi connectivity index (χ0v) is 12.6. The summed E-state index contributed by atoms with van der Waals surface area (Å²) in [6.45, 7) is 1.71. The van der Waals surface area contributed by atoms with Crippen molar-refractivity contribution in [1.82, 2.24) is 5.32 Å². The van der Waals surface area contributed by atoms with Gasteiger partial charge in [-0.2, -0.15) is 0 Å². The molecule has 0 fully saturated rings. The molecule has 0 aromatic heterocycles. The maximum absolute atomic E-state index is 13.4. The van der Waals surface area contributed by atoms with E-state index in [4.69, 9.17) is 4.74 Å². The molecule has 1 heterocycles. The summed E-state index contributed by atoms with van der Waals surface area (Å²) in [7, 11) is 1.61. The third-order valence-corrected chi connectivity index (χ3v) is 3.85. The molecule has 1 aliphatic heterocycles. The Hall–Kier alpha value is -2.36. The zero-order valence-electron chi connectivity index (χ0n) is 12.6. The van der Waals surface area contributed by atoms with Crippen LogP contribution in [0.5, 0.6) is 5.75 Å². The molecular weight excluding hydrogens is 279 g/mol. The predicted octanol–water partition coefficient (Wildman–Crippen LogP) is 2.97. The molecule has 0 amide bonds. The van der Waals surface area contributed by atoms with Gasteiger partial charge in [0, 0.05) is 12.1 Å². The van der Waals surface area contributed by atoms with E-state index in [2.05, 4.69) is 22.4 Å². The van der Waals surface area contributed by atoms with Crippen LogP contribution in [0.3, 0.4) is 0 Å². The Balaban J connectivity index is 1.81. The lowest BCUT2D eigenvalue weighted by Gasteiger charge is -2.12. The maximum Gasteiger partial charge on any atom is 0.128 e. The molecule has 4 heteroatoms. The Morgan fingerprint density at radius 1 is 1.14 bits per heavy atom. The van der Waals surface area contributed by atoms with E-state index in [1.807, 2.05) is 12.1 Å². The fourth-order valence-electron chi connectivity index (χ4n) is 2.76. The number of benzene rings is 2. The summed E-state index contributed by atoms with van der Waals surface area (Å²) in [5.41, 5.74) is 3.23. The smallest absolute Gasteiger partial charge is 0.128 e. The SMILES string of the molecule is COc1ccc(F)cc1CCc1ccccc1C1=NCCN1. The van der Waals surface area contributed by atoms with E-state index < -0.39 is 0 Å². The Morgan fingerprint density at radius 2 is 1.95 bits per heavy atom. The Kier molecular flexibility index (Phi) is 4.37. The summed E-state index contributed by atoms with van der Waals surface area (Å²) in [5.74, 6) is 1.46. The molecule has 0 aliphatic carbocycles. The number of nitrogens with one attached hydrogen (secondary N) is 1. The molecule has 1 aliphatic rings. The molecule has 3 rings (SSSR count). The van der Waals surface area contributed by atoms with Gasteiger partial charge in [0.05, 0.1) is 13.7 Å². The van der Waals surface area contributed by atoms with Crippen LogP contribution in [0.4, 0.5) is 4.39 Å². The number of rotatable bonds is 5. The van der Waals surface area contributed by atoms with E-state index in [1.54, 1.807) is 19.2 Å². The number of halogens is 1. The van der Waals surface area contributed by atoms with Gasteiger partial charge in [0.25, 0.3) is 0 Å². The lowest BCUT2D eigenvalue weighted by molar-refractivity contribution is 0.408. The first kappa shape index (κ1) is 14.6. The van der Waals surface area contributed by atoms with E-state index >= 15 is 0 Å². The Morgan fingerprint density at radius 3 is 2.73 bits per heavy atom. The van der Waals surface area contributed by atoms with Crippen molar-refractivity contribution in [3.05, 3.63) is 65.0 Å². The Bertz CT molecular complexity index is 697. The van der Waals surface area contributed by atoms with E-state index in [0.29, 0.717) is 0 Å². The summed E-state index contributed by atoms with van der Waals surface area (Å²) in [5, 5.41) is 3.31. The maximum atomic E-state index is 13.4. The van der Waals surface area contributed by atoms with E-state index in [1.165, 1.54) is 11.6 Å². The van der Waals surface area contributed by atoms with Gasteiger partial charge in [-0.25, -0.2) is 4.39 Å². The number of methoxy groups -OCH3 is 1. The molecule has 22 heavy (non-hydrogen) atoms. The van der Waals surface area contributed by atoms with Crippen molar-refractivity contribution in [2.45, 2.75) is 12.8 Å². The quantitative estimate of drug-likeness (QED) is 0.920. The number of aryl methyl sites for hydroxylation is 2. The molecule has 0 saturated heterocycles. The lowest BCUT2D eigenvalue weighted by atomic mass is 9.98. The number of nitrogens with zero attached hydrogens (tertiary/aromatic N) is 1. The molecule has 0 radical (unpaired) electrons. The average Bonchev–Trinajstić information content (AvgIpc) is 3.07. The third kappa shape index (κ3) is 3.11. The predicted molar refractivity (Wildman–Crippen MR) is 86.2 cm³/mol. The fourth-order valence-corrected chi connectivity index (χ4v) is 2.76. The fraction of sp³-hybridized carbons (Fsp3) is 0.278. The monoisotopic (exact) mass is 298 g/mol. The van der Waals surface area contributed by atoms with Crippen molar-refractivity contribution in [2.75, 3.05) is 20.2 Å². The summed E-state index contributed by atoms with van der Waals surface area (Å²) >= 11 is 0. The highest BCUT2D eigenvalue weighted by molar-refractivity contribution is 6.01. The van der Waals surface area contributed by atoms with Gasteiger partial charge in [-0.1, -0.05) is 24.3 Å². The van der Waals surface area contributed by atoms with Crippen LogP contribution in [0.1, 0.15) is 16.7 Å². The number of ether oxygens (including phenoxy) is 1. The van der Waals surface area contributed by atoms with Crippen LogP contribution >= 0.6 is 0 Å². The van der Waals surface area contributed by atoms with Crippen molar-refractivity contribution in [2.24, 2.45) is 4.99 Å². The Labute approximate surface area is 129 Å². The summed E-state index contributed by atoms with van der Waals surface area (Å²) < 4.78 is 18.8. The van der Waals surface area contributed by atoms with Gasteiger partial charge in [-0.05, 0) is 42.2 Å². The molecule has 0 spiro atoms. The molecule has 0 atom stereocenters. The highest BCUT2D eigenvalue weighted by Gasteiger charge is 2.13. The van der Waals surface area contributed by atoms with E-state index in [9.17, 15) is 4.39 Å². The second kappa shape index (κ2) is 6.60. The minimum atomic E-state index is -0.231. The first-order valence-electron chi connectivity index (χ1n) is 7.47. The van der Waals surface area contributed by atoms with Crippen LogP contribution in [0.15, 0.2) is 47.5 Å². The van der Waals surface area contributed by atoms with Gasteiger partial charge in [0.2, 0.25) is 0 Å². The number of amidine groups is 1. The second-order valence-corrected chi connectivity index (χ2v) is 5.27. The van der Waals surface area contributed by atoms with E-state index in [0.717, 1.165) is 48.6 Å². The van der Waals surface area contributed by atoms with Crippen LogP contribution in [0.25, 0.3) is 0 Å². The van der Waals surface area contributed by atoms with Crippen molar-refractivity contribution < 1.29 is 9.13 Å².